The average molecular weight is 359 g/mol. The van der Waals surface area contributed by atoms with Gasteiger partial charge in [0.1, 0.15) is 0 Å². The van der Waals surface area contributed by atoms with Gasteiger partial charge in [0, 0.05) is 49.5 Å². The molecule has 4 nitrogen and oxygen atoms in total. The molecule has 27 heavy (non-hydrogen) atoms. The Labute approximate surface area is 159 Å². The molecule has 1 aromatic heterocycles. The van der Waals surface area contributed by atoms with Crippen molar-refractivity contribution >= 4 is 16.8 Å². The number of benzene rings is 2. The average Bonchev–Trinajstić information content (AvgIpc) is 3.27. The second-order valence-electron chi connectivity index (χ2n) is 7.79. The Hall–Kier alpha value is -2.59. The Kier molecular flexibility index (Phi) is 4.21. The second kappa shape index (κ2) is 6.86. The fourth-order valence-corrected chi connectivity index (χ4v) is 4.66. The molecule has 0 spiro atoms. The Morgan fingerprint density at radius 3 is 2.56 bits per heavy atom. The standard InChI is InChI=1S/C23H25N3O/c27-23(20-7-6-17-8-9-24-22(17)16-20)26-11-3-10-25(12-13-26)21-14-18-4-1-2-5-19(18)15-21/h1-2,4-9,16,21,24H,3,10-15H2. The Morgan fingerprint density at radius 2 is 1.74 bits per heavy atom. The molecule has 0 radical (unpaired) electrons. The van der Waals surface area contributed by atoms with Crippen molar-refractivity contribution < 1.29 is 4.79 Å². The quantitative estimate of drug-likeness (QED) is 0.761. The summed E-state index contributed by atoms with van der Waals surface area (Å²) in [6, 6.07) is 17.4. The monoisotopic (exact) mass is 359 g/mol. The van der Waals surface area contributed by atoms with E-state index in [2.05, 4.69) is 34.1 Å². The number of fused-ring (bicyclic) bond motifs is 2. The lowest BCUT2D eigenvalue weighted by atomic mass is 10.1. The van der Waals surface area contributed by atoms with Crippen LogP contribution in [-0.2, 0) is 12.8 Å². The van der Waals surface area contributed by atoms with Crippen LogP contribution in [-0.4, -0.2) is 52.9 Å². The molecule has 0 unspecified atom stereocenters. The topological polar surface area (TPSA) is 39.3 Å². The van der Waals surface area contributed by atoms with Crippen LogP contribution in [0.3, 0.4) is 0 Å². The lowest BCUT2D eigenvalue weighted by Crippen LogP contribution is -2.40. The normalized spacial score (nSPS) is 18.6. The first-order valence-corrected chi connectivity index (χ1v) is 9.95. The van der Waals surface area contributed by atoms with Crippen LogP contribution in [0.15, 0.2) is 54.7 Å². The summed E-state index contributed by atoms with van der Waals surface area (Å²) in [5, 5.41) is 1.15. The molecule has 1 saturated heterocycles. The van der Waals surface area contributed by atoms with E-state index in [9.17, 15) is 4.79 Å². The molecule has 1 aliphatic heterocycles. The Bertz CT molecular complexity index is 951. The van der Waals surface area contributed by atoms with Gasteiger partial charge in [0.15, 0.2) is 0 Å². The van der Waals surface area contributed by atoms with Crippen molar-refractivity contribution in [2.75, 3.05) is 26.2 Å². The van der Waals surface area contributed by atoms with E-state index in [1.165, 1.54) is 11.1 Å². The predicted octanol–water partition coefficient (Wildman–Crippen LogP) is 3.48. The van der Waals surface area contributed by atoms with E-state index >= 15 is 0 Å². The number of hydrogen-bond donors (Lipinski definition) is 1. The summed E-state index contributed by atoms with van der Waals surface area (Å²) in [5.74, 6) is 0.156. The molecule has 3 aromatic rings. The lowest BCUT2D eigenvalue weighted by molar-refractivity contribution is 0.0758. The largest absolute Gasteiger partial charge is 0.361 e. The van der Waals surface area contributed by atoms with Gasteiger partial charge in [0.2, 0.25) is 0 Å². The summed E-state index contributed by atoms with van der Waals surface area (Å²) in [6.45, 7) is 3.71. The number of carbonyl (C=O) groups excluding carboxylic acids is 1. The highest BCUT2D eigenvalue weighted by Crippen LogP contribution is 2.26. The minimum Gasteiger partial charge on any atom is -0.361 e. The maximum Gasteiger partial charge on any atom is 0.253 e. The van der Waals surface area contributed by atoms with E-state index in [1.54, 1.807) is 0 Å². The molecule has 0 saturated carbocycles. The van der Waals surface area contributed by atoms with E-state index < -0.39 is 0 Å². The molecule has 1 N–H and O–H groups in total. The number of rotatable bonds is 2. The third-order valence-electron chi connectivity index (χ3n) is 6.17. The molecule has 0 bridgehead atoms. The molecule has 2 aromatic carbocycles. The van der Waals surface area contributed by atoms with Gasteiger partial charge in [-0.3, -0.25) is 9.69 Å². The van der Waals surface area contributed by atoms with Crippen molar-refractivity contribution in [2.45, 2.75) is 25.3 Å². The molecule has 2 heterocycles. The number of aromatic amines is 1. The van der Waals surface area contributed by atoms with Gasteiger partial charge in [-0.25, -0.2) is 0 Å². The van der Waals surface area contributed by atoms with Crippen LogP contribution in [0, 0.1) is 0 Å². The van der Waals surface area contributed by atoms with Crippen LogP contribution < -0.4 is 0 Å². The number of amides is 1. The third kappa shape index (κ3) is 3.15. The molecule has 5 rings (SSSR count). The Balaban J connectivity index is 1.26. The van der Waals surface area contributed by atoms with E-state index in [-0.39, 0.29) is 5.91 Å². The summed E-state index contributed by atoms with van der Waals surface area (Å²) in [5.41, 5.74) is 4.81. The van der Waals surface area contributed by atoms with E-state index in [0.29, 0.717) is 6.04 Å². The first-order valence-electron chi connectivity index (χ1n) is 9.95. The van der Waals surface area contributed by atoms with Crippen LogP contribution in [0.1, 0.15) is 27.9 Å². The van der Waals surface area contributed by atoms with Crippen molar-refractivity contribution in [2.24, 2.45) is 0 Å². The zero-order chi connectivity index (χ0) is 18.2. The van der Waals surface area contributed by atoms with E-state index in [0.717, 1.165) is 61.9 Å². The number of nitrogens with zero attached hydrogens (tertiary/aromatic N) is 2. The fraction of sp³-hybridized carbons (Fsp3) is 0.348. The van der Waals surface area contributed by atoms with Gasteiger partial charge >= 0.3 is 0 Å². The fourth-order valence-electron chi connectivity index (χ4n) is 4.66. The molecule has 4 heteroatoms. The van der Waals surface area contributed by atoms with Crippen molar-refractivity contribution in [1.82, 2.24) is 14.8 Å². The molecular weight excluding hydrogens is 334 g/mol. The summed E-state index contributed by atoms with van der Waals surface area (Å²) < 4.78 is 0. The highest BCUT2D eigenvalue weighted by molar-refractivity contribution is 5.97. The molecule has 138 valence electrons. The molecule has 2 aliphatic rings. The maximum atomic E-state index is 13.0. The van der Waals surface area contributed by atoms with Gasteiger partial charge in [-0.1, -0.05) is 30.3 Å². The van der Waals surface area contributed by atoms with Crippen LogP contribution in [0.2, 0.25) is 0 Å². The zero-order valence-corrected chi connectivity index (χ0v) is 15.5. The van der Waals surface area contributed by atoms with E-state index in [1.807, 2.05) is 35.4 Å². The molecule has 0 atom stereocenters. The van der Waals surface area contributed by atoms with Gasteiger partial charge in [0.25, 0.3) is 5.91 Å². The summed E-state index contributed by atoms with van der Waals surface area (Å²) in [7, 11) is 0. The predicted molar refractivity (Wildman–Crippen MR) is 108 cm³/mol. The van der Waals surface area contributed by atoms with Gasteiger partial charge in [0.05, 0.1) is 0 Å². The number of hydrogen-bond acceptors (Lipinski definition) is 2. The summed E-state index contributed by atoms with van der Waals surface area (Å²) in [4.78, 5) is 20.9. The highest BCUT2D eigenvalue weighted by Gasteiger charge is 2.29. The Morgan fingerprint density at radius 1 is 0.926 bits per heavy atom. The molecule has 1 aliphatic carbocycles. The number of aromatic nitrogens is 1. The van der Waals surface area contributed by atoms with Crippen LogP contribution in [0.25, 0.3) is 10.9 Å². The van der Waals surface area contributed by atoms with Crippen LogP contribution in [0.4, 0.5) is 0 Å². The molecular formula is C23H25N3O. The first-order chi connectivity index (χ1) is 13.3. The zero-order valence-electron chi connectivity index (χ0n) is 15.5. The van der Waals surface area contributed by atoms with Crippen molar-refractivity contribution in [3.63, 3.8) is 0 Å². The van der Waals surface area contributed by atoms with Crippen LogP contribution in [0.5, 0.6) is 0 Å². The van der Waals surface area contributed by atoms with Gasteiger partial charge in [-0.05, 0) is 54.0 Å². The van der Waals surface area contributed by atoms with Crippen molar-refractivity contribution in [1.29, 1.82) is 0 Å². The van der Waals surface area contributed by atoms with Gasteiger partial charge in [-0.15, -0.1) is 0 Å². The van der Waals surface area contributed by atoms with Crippen LogP contribution >= 0.6 is 0 Å². The molecule has 1 amide bonds. The minimum atomic E-state index is 0.156. The van der Waals surface area contributed by atoms with Gasteiger partial charge < -0.3 is 9.88 Å². The smallest absolute Gasteiger partial charge is 0.253 e. The number of carbonyl (C=O) groups is 1. The first kappa shape index (κ1) is 16.6. The third-order valence-corrected chi connectivity index (χ3v) is 6.17. The minimum absolute atomic E-state index is 0.156. The molecule has 1 fully saturated rings. The van der Waals surface area contributed by atoms with Crippen molar-refractivity contribution in [3.05, 3.63) is 71.4 Å². The SMILES string of the molecule is O=C(c1ccc2cc[nH]c2c1)N1CCCN(C2Cc3ccccc3C2)CC1. The number of nitrogens with one attached hydrogen (secondary N) is 1. The summed E-state index contributed by atoms with van der Waals surface area (Å²) >= 11 is 0. The van der Waals surface area contributed by atoms with E-state index in [4.69, 9.17) is 0 Å². The maximum absolute atomic E-state index is 13.0. The lowest BCUT2D eigenvalue weighted by Gasteiger charge is -2.27. The summed E-state index contributed by atoms with van der Waals surface area (Å²) in [6.07, 6.45) is 5.26. The van der Waals surface area contributed by atoms with Gasteiger partial charge in [-0.2, -0.15) is 0 Å². The van der Waals surface area contributed by atoms with Crippen molar-refractivity contribution in [3.8, 4) is 0 Å². The second-order valence-corrected chi connectivity index (χ2v) is 7.79. The number of H-pyrrole nitrogens is 1. The highest BCUT2D eigenvalue weighted by atomic mass is 16.2.